The first kappa shape index (κ1) is 15.7. The highest BCUT2D eigenvalue weighted by Gasteiger charge is 2.28. The van der Waals surface area contributed by atoms with Crippen molar-refractivity contribution in [2.24, 2.45) is 16.9 Å². The van der Waals surface area contributed by atoms with Crippen molar-refractivity contribution in [1.29, 1.82) is 0 Å². The van der Waals surface area contributed by atoms with E-state index in [9.17, 15) is 4.79 Å². The molecule has 0 aromatic rings. The Morgan fingerprint density at radius 2 is 1.81 bits per heavy atom. The molecule has 0 heterocycles. The summed E-state index contributed by atoms with van der Waals surface area (Å²) in [6.07, 6.45) is 14.8. The van der Waals surface area contributed by atoms with Gasteiger partial charge in [-0.25, -0.2) is 5.43 Å². The second kappa shape index (κ2) is 7.96. The molecule has 0 spiro atoms. The van der Waals surface area contributed by atoms with Crippen LogP contribution in [0.1, 0.15) is 51.4 Å². The SMILES string of the molecule is C=C/C=C(\C=C)C(=O)N/N=C1\CCCC(C2CCC2)CC1. The van der Waals surface area contributed by atoms with E-state index < -0.39 is 0 Å². The van der Waals surface area contributed by atoms with Crippen LogP contribution in [0.5, 0.6) is 0 Å². The maximum Gasteiger partial charge on any atom is 0.271 e. The van der Waals surface area contributed by atoms with Gasteiger partial charge in [0.1, 0.15) is 0 Å². The zero-order valence-corrected chi connectivity index (χ0v) is 12.8. The molecule has 1 unspecified atom stereocenters. The van der Waals surface area contributed by atoms with Crippen molar-refractivity contribution < 1.29 is 4.79 Å². The number of nitrogens with one attached hydrogen (secondary N) is 1. The third kappa shape index (κ3) is 4.42. The third-order valence-corrected chi connectivity index (χ3v) is 4.76. The number of hydrazone groups is 1. The molecule has 2 aliphatic carbocycles. The van der Waals surface area contributed by atoms with Crippen LogP contribution in [0.4, 0.5) is 0 Å². The molecule has 0 aliphatic heterocycles. The first-order valence-corrected chi connectivity index (χ1v) is 8.05. The minimum Gasteiger partial charge on any atom is -0.267 e. The summed E-state index contributed by atoms with van der Waals surface area (Å²) in [7, 11) is 0. The van der Waals surface area contributed by atoms with E-state index in [1.165, 1.54) is 44.6 Å². The number of rotatable bonds is 5. The Morgan fingerprint density at radius 3 is 2.43 bits per heavy atom. The average Bonchev–Trinajstić information content (AvgIpc) is 2.66. The molecule has 21 heavy (non-hydrogen) atoms. The molecule has 0 saturated heterocycles. The third-order valence-electron chi connectivity index (χ3n) is 4.76. The zero-order chi connectivity index (χ0) is 15.1. The highest BCUT2D eigenvalue weighted by atomic mass is 16.2. The summed E-state index contributed by atoms with van der Waals surface area (Å²) in [6, 6.07) is 0. The van der Waals surface area contributed by atoms with Crippen molar-refractivity contribution in [3.8, 4) is 0 Å². The molecule has 114 valence electrons. The first-order valence-electron chi connectivity index (χ1n) is 8.05. The van der Waals surface area contributed by atoms with E-state index in [0.29, 0.717) is 5.57 Å². The molecule has 2 rings (SSSR count). The fourth-order valence-electron chi connectivity index (χ4n) is 3.24. The molecule has 0 aromatic carbocycles. The van der Waals surface area contributed by atoms with Gasteiger partial charge in [-0.3, -0.25) is 4.79 Å². The highest BCUT2D eigenvalue weighted by molar-refractivity contribution is 5.97. The molecule has 3 heteroatoms. The summed E-state index contributed by atoms with van der Waals surface area (Å²) in [6.45, 7) is 7.22. The Morgan fingerprint density at radius 1 is 1.10 bits per heavy atom. The van der Waals surface area contributed by atoms with E-state index >= 15 is 0 Å². The predicted octanol–water partition coefficient (Wildman–Crippen LogP) is 4.14. The molecule has 0 radical (unpaired) electrons. The van der Waals surface area contributed by atoms with Gasteiger partial charge in [-0.2, -0.15) is 5.10 Å². The van der Waals surface area contributed by atoms with E-state index in [4.69, 9.17) is 0 Å². The Hall–Kier alpha value is -1.64. The van der Waals surface area contributed by atoms with E-state index in [1.807, 2.05) is 0 Å². The van der Waals surface area contributed by atoms with Crippen molar-refractivity contribution in [2.75, 3.05) is 0 Å². The monoisotopic (exact) mass is 286 g/mol. The minimum atomic E-state index is -0.211. The van der Waals surface area contributed by atoms with Crippen molar-refractivity contribution >= 4 is 11.6 Å². The van der Waals surface area contributed by atoms with E-state index in [1.54, 1.807) is 12.2 Å². The van der Waals surface area contributed by atoms with E-state index in [-0.39, 0.29) is 5.91 Å². The van der Waals surface area contributed by atoms with Gasteiger partial charge in [-0.15, -0.1) is 0 Å². The number of allylic oxidation sites excluding steroid dienone is 2. The fraction of sp³-hybridized carbons (Fsp3) is 0.556. The van der Waals surface area contributed by atoms with Crippen LogP contribution in [-0.4, -0.2) is 11.6 Å². The molecule has 1 atom stereocenters. The lowest BCUT2D eigenvalue weighted by atomic mass is 9.73. The van der Waals surface area contributed by atoms with Crippen LogP contribution in [0.25, 0.3) is 0 Å². The molecule has 2 aliphatic rings. The summed E-state index contributed by atoms with van der Waals surface area (Å²) in [4.78, 5) is 11.9. The van der Waals surface area contributed by atoms with Crippen LogP contribution in [0.3, 0.4) is 0 Å². The van der Waals surface area contributed by atoms with Gasteiger partial charge in [0.15, 0.2) is 0 Å². The standard InChI is InChI=1S/C18H26N2O/c1-3-7-14(4-2)18(21)20-19-17-11-6-10-16(12-13-17)15-8-5-9-15/h3-4,7,15-16H,1-2,5-6,8-13H2,(H,20,21)/b14-7+,19-17+. The first-order chi connectivity index (χ1) is 10.2. The Labute approximate surface area is 127 Å². The second-order valence-electron chi connectivity index (χ2n) is 6.06. The van der Waals surface area contributed by atoms with Gasteiger partial charge in [-0.05, 0) is 43.9 Å². The summed E-state index contributed by atoms with van der Waals surface area (Å²) in [5.74, 6) is 1.63. The number of nitrogens with zero attached hydrogens (tertiary/aromatic N) is 1. The number of carbonyl (C=O) groups is 1. The van der Waals surface area contributed by atoms with Gasteiger partial charge in [-0.1, -0.05) is 50.6 Å². The van der Waals surface area contributed by atoms with Crippen molar-refractivity contribution in [3.05, 3.63) is 37.0 Å². The lowest BCUT2D eigenvalue weighted by molar-refractivity contribution is -0.117. The van der Waals surface area contributed by atoms with Crippen molar-refractivity contribution in [3.63, 3.8) is 0 Å². The topological polar surface area (TPSA) is 41.5 Å². The Balaban J connectivity index is 1.86. The summed E-state index contributed by atoms with van der Waals surface area (Å²) in [5, 5.41) is 4.33. The van der Waals surface area contributed by atoms with Gasteiger partial charge in [0, 0.05) is 11.3 Å². The molecule has 0 aromatic heterocycles. The highest BCUT2D eigenvalue weighted by Crippen LogP contribution is 2.39. The van der Waals surface area contributed by atoms with E-state index in [2.05, 4.69) is 23.7 Å². The van der Waals surface area contributed by atoms with Crippen LogP contribution in [-0.2, 0) is 4.79 Å². The van der Waals surface area contributed by atoms with Crippen molar-refractivity contribution in [2.45, 2.75) is 51.4 Å². The van der Waals surface area contributed by atoms with Gasteiger partial charge in [0.25, 0.3) is 5.91 Å². The predicted molar refractivity (Wildman–Crippen MR) is 88.0 cm³/mol. The average molecular weight is 286 g/mol. The molecular weight excluding hydrogens is 260 g/mol. The maximum atomic E-state index is 11.9. The fourth-order valence-corrected chi connectivity index (χ4v) is 3.24. The zero-order valence-electron chi connectivity index (χ0n) is 12.8. The molecule has 0 bridgehead atoms. The minimum absolute atomic E-state index is 0.211. The summed E-state index contributed by atoms with van der Waals surface area (Å²) < 4.78 is 0. The largest absolute Gasteiger partial charge is 0.271 e. The van der Waals surface area contributed by atoms with Gasteiger partial charge >= 0.3 is 0 Å². The second-order valence-corrected chi connectivity index (χ2v) is 6.06. The summed E-state index contributed by atoms with van der Waals surface area (Å²) >= 11 is 0. The van der Waals surface area contributed by atoms with Crippen LogP contribution in [0.15, 0.2) is 42.1 Å². The summed E-state index contributed by atoms with van der Waals surface area (Å²) in [5.41, 5.74) is 4.28. The van der Waals surface area contributed by atoms with Gasteiger partial charge in [0.05, 0.1) is 0 Å². The maximum absolute atomic E-state index is 11.9. The number of hydrogen-bond acceptors (Lipinski definition) is 2. The van der Waals surface area contributed by atoms with Crippen LogP contribution >= 0.6 is 0 Å². The Kier molecular flexibility index (Phi) is 5.97. The molecular formula is C18H26N2O. The quantitative estimate of drug-likeness (QED) is 0.351. The number of hydrogen-bond donors (Lipinski definition) is 1. The molecule has 2 saturated carbocycles. The molecule has 3 nitrogen and oxygen atoms in total. The van der Waals surface area contributed by atoms with Gasteiger partial charge in [0.2, 0.25) is 0 Å². The molecule has 1 amide bonds. The van der Waals surface area contributed by atoms with Crippen LogP contribution < -0.4 is 5.43 Å². The van der Waals surface area contributed by atoms with Crippen LogP contribution in [0.2, 0.25) is 0 Å². The lowest BCUT2D eigenvalue weighted by Gasteiger charge is -2.33. The van der Waals surface area contributed by atoms with Crippen molar-refractivity contribution in [1.82, 2.24) is 5.43 Å². The Bertz CT molecular complexity index is 458. The normalized spacial score (nSPS) is 25.8. The number of carbonyl (C=O) groups excluding carboxylic acids is 1. The molecule has 2 fully saturated rings. The van der Waals surface area contributed by atoms with Gasteiger partial charge < -0.3 is 0 Å². The smallest absolute Gasteiger partial charge is 0.267 e. The number of amides is 1. The molecule has 1 N–H and O–H groups in total. The van der Waals surface area contributed by atoms with E-state index in [0.717, 1.165) is 30.4 Å². The van der Waals surface area contributed by atoms with Crippen LogP contribution in [0, 0.1) is 11.8 Å². The lowest BCUT2D eigenvalue weighted by Crippen LogP contribution is -2.22.